The maximum absolute atomic E-state index is 14.2. The lowest BCUT2D eigenvalue weighted by Gasteiger charge is -2.15. The highest BCUT2D eigenvalue weighted by Gasteiger charge is 2.34. The van der Waals surface area contributed by atoms with E-state index in [9.17, 15) is 9.18 Å². The second kappa shape index (κ2) is 8.81. The zero-order valence-electron chi connectivity index (χ0n) is 16.2. The van der Waals surface area contributed by atoms with Gasteiger partial charge in [-0.3, -0.25) is 9.69 Å². The molecule has 0 bridgehead atoms. The smallest absolute Gasteiger partial charge is 0.270 e. The summed E-state index contributed by atoms with van der Waals surface area (Å²) in [5, 5.41) is 0. The van der Waals surface area contributed by atoms with Crippen molar-refractivity contribution in [3.63, 3.8) is 0 Å². The lowest BCUT2D eigenvalue weighted by atomic mass is 10.1. The van der Waals surface area contributed by atoms with Gasteiger partial charge >= 0.3 is 0 Å². The number of hydrogen-bond donors (Lipinski definition) is 0. The van der Waals surface area contributed by atoms with E-state index in [-0.39, 0.29) is 11.6 Å². The van der Waals surface area contributed by atoms with Crippen molar-refractivity contribution in [1.29, 1.82) is 0 Å². The molecule has 3 nitrogen and oxygen atoms in total. The Balaban J connectivity index is 1.58. The van der Waals surface area contributed by atoms with E-state index in [1.165, 1.54) is 16.5 Å². The number of amides is 1. The van der Waals surface area contributed by atoms with E-state index in [1.54, 1.807) is 24.3 Å². The van der Waals surface area contributed by atoms with Gasteiger partial charge in [-0.2, -0.15) is 0 Å². The molecule has 3 aromatic carbocycles. The third kappa shape index (κ3) is 4.30. The minimum Gasteiger partial charge on any atom is -0.488 e. The summed E-state index contributed by atoms with van der Waals surface area (Å²) >= 11 is 6.49. The number of thiocarbonyl (C=S) groups is 1. The first-order chi connectivity index (χ1) is 14.5. The van der Waals surface area contributed by atoms with Crippen LogP contribution in [0.2, 0.25) is 0 Å². The normalized spacial score (nSPS) is 15.1. The Hall–Kier alpha value is -2.96. The van der Waals surface area contributed by atoms with Crippen LogP contribution in [0.25, 0.3) is 6.08 Å². The van der Waals surface area contributed by atoms with Gasteiger partial charge in [0.2, 0.25) is 0 Å². The van der Waals surface area contributed by atoms with Gasteiger partial charge in [0, 0.05) is 5.56 Å². The summed E-state index contributed by atoms with van der Waals surface area (Å²) in [6.07, 6.45) is 1.74. The molecule has 1 saturated heterocycles. The quantitative estimate of drug-likeness (QED) is 0.357. The molecule has 6 heteroatoms. The zero-order valence-corrected chi connectivity index (χ0v) is 17.8. The summed E-state index contributed by atoms with van der Waals surface area (Å²) in [4.78, 5) is 14.6. The number of anilines is 1. The zero-order chi connectivity index (χ0) is 21.1. The fourth-order valence-electron chi connectivity index (χ4n) is 3.03. The van der Waals surface area contributed by atoms with Gasteiger partial charge in [-0.05, 0) is 36.8 Å². The Bertz CT molecular complexity index is 1140. The summed E-state index contributed by atoms with van der Waals surface area (Å²) in [7, 11) is 0. The molecule has 0 spiro atoms. The molecular formula is C24H18FNO2S2. The van der Waals surface area contributed by atoms with Crippen LogP contribution in [-0.4, -0.2) is 10.2 Å². The standard InChI is InChI=1S/C24H18FNO2S2/c1-16-10-12-17(13-11-16)15-28-21-9-5-2-6-18(21)14-22-23(27)26(24(29)30-22)20-8-4-3-7-19(20)25/h2-14H,15H2,1H3/b22-14-. The highest BCUT2D eigenvalue weighted by molar-refractivity contribution is 8.27. The lowest BCUT2D eigenvalue weighted by molar-refractivity contribution is -0.113. The van der Waals surface area contributed by atoms with Crippen molar-refractivity contribution in [2.24, 2.45) is 0 Å². The minimum atomic E-state index is -0.489. The van der Waals surface area contributed by atoms with Gasteiger partial charge in [0.1, 0.15) is 18.2 Å². The van der Waals surface area contributed by atoms with Crippen LogP contribution in [0.5, 0.6) is 5.75 Å². The second-order valence-corrected chi connectivity index (χ2v) is 8.46. The first-order valence-corrected chi connectivity index (χ1v) is 10.6. The number of halogens is 1. The van der Waals surface area contributed by atoms with E-state index < -0.39 is 5.82 Å². The van der Waals surface area contributed by atoms with Crippen LogP contribution in [0.15, 0.2) is 77.7 Å². The summed E-state index contributed by atoms with van der Waals surface area (Å²) in [5.41, 5.74) is 3.17. The molecule has 150 valence electrons. The fraction of sp³-hybridized carbons (Fsp3) is 0.0833. The third-order valence-corrected chi connectivity index (χ3v) is 5.91. The highest BCUT2D eigenvalue weighted by Crippen LogP contribution is 2.38. The van der Waals surface area contributed by atoms with Crippen LogP contribution >= 0.6 is 24.0 Å². The van der Waals surface area contributed by atoms with Crippen LogP contribution in [0.3, 0.4) is 0 Å². The van der Waals surface area contributed by atoms with Crippen molar-refractivity contribution >= 4 is 46.0 Å². The number of ether oxygens (including phenoxy) is 1. The summed E-state index contributed by atoms with van der Waals surface area (Å²) in [6.45, 7) is 2.46. The van der Waals surface area contributed by atoms with Crippen molar-refractivity contribution in [1.82, 2.24) is 0 Å². The predicted molar refractivity (Wildman–Crippen MR) is 124 cm³/mol. The number of benzene rings is 3. The predicted octanol–water partition coefficient (Wildman–Crippen LogP) is 6.12. The largest absolute Gasteiger partial charge is 0.488 e. The Kier molecular flexibility index (Phi) is 5.97. The van der Waals surface area contributed by atoms with Crippen molar-refractivity contribution < 1.29 is 13.9 Å². The molecule has 0 aliphatic carbocycles. The summed E-state index contributed by atoms with van der Waals surface area (Å²) < 4.78 is 20.5. The molecule has 0 atom stereocenters. The maximum Gasteiger partial charge on any atom is 0.270 e. The molecule has 1 amide bonds. The monoisotopic (exact) mass is 435 g/mol. The molecule has 3 aromatic rings. The van der Waals surface area contributed by atoms with E-state index in [1.807, 2.05) is 55.5 Å². The fourth-order valence-corrected chi connectivity index (χ4v) is 4.30. The molecule has 0 saturated carbocycles. The molecule has 0 unspecified atom stereocenters. The van der Waals surface area contributed by atoms with Gasteiger partial charge in [-0.15, -0.1) is 0 Å². The van der Waals surface area contributed by atoms with Gasteiger partial charge in [-0.25, -0.2) is 4.39 Å². The summed E-state index contributed by atoms with van der Waals surface area (Å²) in [6, 6.07) is 21.7. The van der Waals surface area contributed by atoms with Crippen LogP contribution in [0.4, 0.5) is 10.1 Å². The number of rotatable bonds is 5. The molecule has 30 heavy (non-hydrogen) atoms. The Morgan fingerprint density at radius 2 is 1.73 bits per heavy atom. The van der Waals surface area contributed by atoms with Crippen LogP contribution in [-0.2, 0) is 11.4 Å². The van der Waals surface area contributed by atoms with Crippen LogP contribution in [0, 0.1) is 12.7 Å². The molecule has 1 fully saturated rings. The number of carbonyl (C=O) groups excluding carboxylic acids is 1. The van der Waals surface area contributed by atoms with E-state index in [2.05, 4.69) is 0 Å². The second-order valence-electron chi connectivity index (χ2n) is 6.78. The number of carbonyl (C=O) groups is 1. The first-order valence-electron chi connectivity index (χ1n) is 9.33. The van der Waals surface area contributed by atoms with Gasteiger partial charge in [0.05, 0.1) is 10.6 Å². The number of nitrogens with zero attached hydrogens (tertiary/aromatic N) is 1. The van der Waals surface area contributed by atoms with E-state index in [0.717, 1.165) is 22.9 Å². The molecular weight excluding hydrogens is 417 g/mol. The maximum atomic E-state index is 14.2. The average molecular weight is 436 g/mol. The molecule has 1 heterocycles. The topological polar surface area (TPSA) is 29.5 Å². The lowest BCUT2D eigenvalue weighted by Crippen LogP contribution is -2.28. The van der Waals surface area contributed by atoms with Crippen molar-refractivity contribution in [2.45, 2.75) is 13.5 Å². The van der Waals surface area contributed by atoms with Crippen molar-refractivity contribution in [3.8, 4) is 5.75 Å². The molecule has 0 radical (unpaired) electrons. The molecule has 1 aliphatic heterocycles. The van der Waals surface area contributed by atoms with Crippen LogP contribution in [0.1, 0.15) is 16.7 Å². The SMILES string of the molecule is Cc1ccc(COc2ccccc2/C=C2\SC(=S)N(c3ccccc3F)C2=O)cc1. The van der Waals surface area contributed by atoms with Gasteiger partial charge in [0.25, 0.3) is 5.91 Å². The van der Waals surface area contributed by atoms with Crippen molar-refractivity contribution in [3.05, 3.63) is 100 Å². The minimum absolute atomic E-state index is 0.160. The number of para-hydroxylation sites is 2. The van der Waals surface area contributed by atoms with Gasteiger partial charge in [0.15, 0.2) is 4.32 Å². The number of aryl methyl sites for hydroxylation is 1. The van der Waals surface area contributed by atoms with Gasteiger partial charge < -0.3 is 4.74 Å². The highest BCUT2D eigenvalue weighted by atomic mass is 32.2. The van der Waals surface area contributed by atoms with Crippen LogP contribution < -0.4 is 9.64 Å². The number of hydrogen-bond acceptors (Lipinski definition) is 4. The molecule has 1 aliphatic rings. The van der Waals surface area contributed by atoms with Crippen molar-refractivity contribution in [2.75, 3.05) is 4.90 Å². The Labute approximate surface area is 184 Å². The third-order valence-electron chi connectivity index (χ3n) is 4.61. The number of thioether (sulfide) groups is 1. The molecule has 4 rings (SSSR count). The Morgan fingerprint density at radius 3 is 2.50 bits per heavy atom. The van der Waals surface area contributed by atoms with E-state index in [4.69, 9.17) is 17.0 Å². The van der Waals surface area contributed by atoms with E-state index >= 15 is 0 Å². The summed E-state index contributed by atoms with van der Waals surface area (Å²) in [5.74, 6) is -0.172. The Morgan fingerprint density at radius 1 is 1.03 bits per heavy atom. The average Bonchev–Trinajstić information content (AvgIpc) is 3.02. The van der Waals surface area contributed by atoms with E-state index in [0.29, 0.717) is 21.6 Å². The van der Waals surface area contributed by atoms with Gasteiger partial charge in [-0.1, -0.05) is 84.1 Å². The first kappa shape index (κ1) is 20.3. The molecule has 0 aromatic heterocycles. The molecule has 0 N–H and O–H groups in total.